The summed E-state index contributed by atoms with van der Waals surface area (Å²) in [6, 6.07) is 4.09. The molecule has 0 fully saturated rings. The number of rotatable bonds is 2. The Hall–Kier alpha value is -0.690. The second-order valence-electron chi connectivity index (χ2n) is 2.88. The molecule has 0 aromatic heterocycles. The molecule has 0 unspecified atom stereocenters. The van der Waals surface area contributed by atoms with Crippen molar-refractivity contribution in [2.45, 2.75) is 19.7 Å². The molecule has 1 aromatic carbocycles. The molecule has 0 aliphatic rings. The molecule has 0 N–H and O–H groups in total. The van der Waals surface area contributed by atoms with Crippen LogP contribution in [0.15, 0.2) is 12.1 Å². The molecule has 0 aliphatic carbocycles. The summed E-state index contributed by atoms with van der Waals surface area (Å²) in [7, 11) is 1.68. The van der Waals surface area contributed by atoms with Gasteiger partial charge in [0.15, 0.2) is 0 Å². The Balaban J connectivity index is 3.18. The van der Waals surface area contributed by atoms with Gasteiger partial charge < -0.3 is 4.74 Å². The van der Waals surface area contributed by atoms with Crippen molar-refractivity contribution in [3.63, 3.8) is 0 Å². The van der Waals surface area contributed by atoms with E-state index in [-0.39, 0.29) is 0 Å². The minimum atomic E-state index is 0.544. The van der Waals surface area contributed by atoms with E-state index in [1.165, 1.54) is 5.56 Å². The third kappa shape index (κ3) is 1.72. The average molecular weight is 185 g/mol. The van der Waals surface area contributed by atoms with Crippen molar-refractivity contribution in [1.82, 2.24) is 0 Å². The van der Waals surface area contributed by atoms with Gasteiger partial charge in [-0.25, -0.2) is 0 Å². The molecular formula is C10H13ClO. The third-order valence-corrected chi connectivity index (χ3v) is 2.29. The summed E-state index contributed by atoms with van der Waals surface area (Å²) in [5, 5.41) is 0. The van der Waals surface area contributed by atoms with Crippen LogP contribution in [0.3, 0.4) is 0 Å². The first-order valence-electron chi connectivity index (χ1n) is 3.89. The van der Waals surface area contributed by atoms with Crippen molar-refractivity contribution >= 4 is 11.6 Å². The van der Waals surface area contributed by atoms with E-state index in [1.54, 1.807) is 7.11 Å². The first-order valence-corrected chi connectivity index (χ1v) is 4.42. The Morgan fingerprint density at radius 2 is 1.92 bits per heavy atom. The number of methoxy groups -OCH3 is 1. The number of halogens is 1. The summed E-state index contributed by atoms with van der Waals surface area (Å²) in [5.74, 6) is 1.46. The van der Waals surface area contributed by atoms with Crippen LogP contribution in [0.1, 0.15) is 16.7 Å². The number of aryl methyl sites for hydroxylation is 2. The van der Waals surface area contributed by atoms with Gasteiger partial charge in [-0.3, -0.25) is 0 Å². The van der Waals surface area contributed by atoms with Gasteiger partial charge in [0.25, 0.3) is 0 Å². The highest BCUT2D eigenvalue weighted by Crippen LogP contribution is 2.23. The van der Waals surface area contributed by atoms with E-state index in [0.29, 0.717) is 5.88 Å². The van der Waals surface area contributed by atoms with E-state index in [4.69, 9.17) is 16.3 Å². The second kappa shape index (κ2) is 3.81. The molecule has 0 saturated carbocycles. The van der Waals surface area contributed by atoms with Crippen molar-refractivity contribution in [3.05, 3.63) is 28.8 Å². The van der Waals surface area contributed by atoms with Crippen LogP contribution in [0, 0.1) is 13.8 Å². The van der Waals surface area contributed by atoms with Crippen LogP contribution in [0.2, 0.25) is 0 Å². The average Bonchev–Trinajstić information content (AvgIpc) is 2.05. The van der Waals surface area contributed by atoms with Gasteiger partial charge >= 0.3 is 0 Å². The molecule has 1 nitrogen and oxygen atoms in total. The fourth-order valence-corrected chi connectivity index (χ4v) is 1.53. The van der Waals surface area contributed by atoms with Gasteiger partial charge in [0.05, 0.1) is 7.11 Å². The van der Waals surface area contributed by atoms with E-state index in [2.05, 4.69) is 13.0 Å². The van der Waals surface area contributed by atoms with Crippen molar-refractivity contribution in [2.75, 3.05) is 7.11 Å². The largest absolute Gasteiger partial charge is 0.496 e. The fraction of sp³-hybridized carbons (Fsp3) is 0.400. The SMILES string of the molecule is COc1cc(CCl)c(C)cc1C. The van der Waals surface area contributed by atoms with E-state index in [0.717, 1.165) is 16.9 Å². The number of ether oxygens (including phenoxy) is 1. The Kier molecular flexibility index (Phi) is 2.99. The van der Waals surface area contributed by atoms with Gasteiger partial charge in [-0.05, 0) is 36.6 Å². The first kappa shape index (κ1) is 9.40. The van der Waals surface area contributed by atoms with Gasteiger partial charge in [0.2, 0.25) is 0 Å². The minimum Gasteiger partial charge on any atom is -0.496 e. The predicted molar refractivity (Wildman–Crippen MR) is 52.0 cm³/mol. The lowest BCUT2D eigenvalue weighted by Crippen LogP contribution is -1.92. The molecule has 1 rings (SSSR count). The lowest BCUT2D eigenvalue weighted by Gasteiger charge is -2.08. The highest BCUT2D eigenvalue weighted by Gasteiger charge is 2.02. The highest BCUT2D eigenvalue weighted by molar-refractivity contribution is 6.17. The summed E-state index contributed by atoms with van der Waals surface area (Å²) >= 11 is 5.76. The summed E-state index contributed by atoms with van der Waals surface area (Å²) in [5.41, 5.74) is 3.52. The normalized spacial score (nSPS) is 10.0. The van der Waals surface area contributed by atoms with Crippen LogP contribution < -0.4 is 4.74 Å². The maximum absolute atomic E-state index is 5.76. The van der Waals surface area contributed by atoms with Gasteiger partial charge in [-0.2, -0.15) is 0 Å². The Bertz CT molecular complexity index is 256. The van der Waals surface area contributed by atoms with E-state index < -0.39 is 0 Å². The molecule has 0 bridgehead atoms. The topological polar surface area (TPSA) is 9.23 Å². The van der Waals surface area contributed by atoms with Gasteiger partial charge in [-0.1, -0.05) is 6.07 Å². The zero-order chi connectivity index (χ0) is 9.14. The summed E-state index contributed by atoms with van der Waals surface area (Å²) in [4.78, 5) is 0. The molecule has 0 amide bonds. The van der Waals surface area contributed by atoms with Crippen LogP contribution >= 0.6 is 11.6 Å². The van der Waals surface area contributed by atoms with Crippen molar-refractivity contribution in [3.8, 4) is 5.75 Å². The molecule has 12 heavy (non-hydrogen) atoms. The zero-order valence-corrected chi connectivity index (χ0v) is 8.40. The third-order valence-electron chi connectivity index (χ3n) is 2.00. The van der Waals surface area contributed by atoms with Gasteiger partial charge in [-0.15, -0.1) is 11.6 Å². The quantitative estimate of drug-likeness (QED) is 0.642. The maximum Gasteiger partial charge on any atom is 0.122 e. The number of hydrogen-bond acceptors (Lipinski definition) is 1. The summed E-state index contributed by atoms with van der Waals surface area (Å²) < 4.78 is 5.18. The molecule has 0 heterocycles. The molecule has 0 spiro atoms. The lowest BCUT2D eigenvalue weighted by molar-refractivity contribution is 0.411. The smallest absolute Gasteiger partial charge is 0.122 e. The van der Waals surface area contributed by atoms with Gasteiger partial charge in [0, 0.05) is 5.88 Å². The van der Waals surface area contributed by atoms with E-state index in [9.17, 15) is 0 Å². The predicted octanol–water partition coefficient (Wildman–Crippen LogP) is 3.05. The first-order chi connectivity index (χ1) is 5.69. The molecule has 0 radical (unpaired) electrons. The van der Waals surface area contributed by atoms with Crippen molar-refractivity contribution in [2.24, 2.45) is 0 Å². The highest BCUT2D eigenvalue weighted by atomic mass is 35.5. The number of hydrogen-bond donors (Lipinski definition) is 0. The van der Waals surface area contributed by atoms with Crippen molar-refractivity contribution in [1.29, 1.82) is 0 Å². The van der Waals surface area contributed by atoms with Crippen molar-refractivity contribution < 1.29 is 4.74 Å². The number of alkyl halides is 1. The van der Waals surface area contributed by atoms with Crippen LogP contribution in [-0.4, -0.2) is 7.11 Å². The minimum absolute atomic E-state index is 0.544. The Labute approximate surface area is 78.3 Å². The van der Waals surface area contributed by atoms with Crippen LogP contribution in [-0.2, 0) is 5.88 Å². The molecule has 66 valence electrons. The van der Waals surface area contributed by atoms with E-state index in [1.807, 2.05) is 13.0 Å². The Morgan fingerprint density at radius 3 is 2.42 bits per heavy atom. The number of benzene rings is 1. The fourth-order valence-electron chi connectivity index (χ4n) is 1.24. The van der Waals surface area contributed by atoms with Crippen LogP contribution in [0.5, 0.6) is 5.75 Å². The van der Waals surface area contributed by atoms with Crippen LogP contribution in [0.4, 0.5) is 0 Å². The molecular weight excluding hydrogens is 172 g/mol. The summed E-state index contributed by atoms with van der Waals surface area (Å²) in [6.07, 6.45) is 0. The van der Waals surface area contributed by atoms with E-state index >= 15 is 0 Å². The standard InChI is InChI=1S/C10H13ClO/c1-7-4-8(2)10(12-3)5-9(7)6-11/h4-5H,6H2,1-3H3. The second-order valence-corrected chi connectivity index (χ2v) is 3.15. The molecule has 2 heteroatoms. The molecule has 0 saturated heterocycles. The summed E-state index contributed by atoms with van der Waals surface area (Å²) in [6.45, 7) is 4.09. The Morgan fingerprint density at radius 1 is 1.25 bits per heavy atom. The molecule has 1 aromatic rings. The lowest BCUT2D eigenvalue weighted by atomic mass is 10.1. The zero-order valence-electron chi connectivity index (χ0n) is 7.65. The van der Waals surface area contributed by atoms with Crippen LogP contribution in [0.25, 0.3) is 0 Å². The van der Waals surface area contributed by atoms with Gasteiger partial charge in [0.1, 0.15) is 5.75 Å². The molecule has 0 aliphatic heterocycles. The maximum atomic E-state index is 5.76. The molecule has 0 atom stereocenters. The monoisotopic (exact) mass is 184 g/mol.